The Morgan fingerprint density at radius 3 is 2.47 bits per heavy atom. The van der Waals surface area contributed by atoms with Crippen molar-refractivity contribution in [1.29, 1.82) is 0 Å². The van der Waals surface area contributed by atoms with Crippen molar-refractivity contribution in [2.45, 2.75) is 40.2 Å². The standard InChI is InChI=1S/C14H21FN2O2/c1-6-17(13(18)19-14(3,4)5)11-8-10(15)7-9(2)12(11)16/h7-8H,6,16H2,1-5H3. The van der Waals surface area contributed by atoms with Gasteiger partial charge in [-0.15, -0.1) is 0 Å². The lowest BCUT2D eigenvalue weighted by atomic mass is 10.1. The van der Waals surface area contributed by atoms with E-state index in [0.717, 1.165) is 0 Å². The minimum Gasteiger partial charge on any atom is -0.443 e. The molecule has 1 rings (SSSR count). The van der Waals surface area contributed by atoms with E-state index < -0.39 is 17.5 Å². The average Bonchev–Trinajstić information content (AvgIpc) is 2.23. The maximum absolute atomic E-state index is 13.5. The molecule has 1 aromatic rings. The van der Waals surface area contributed by atoms with Crippen LogP contribution in [0.1, 0.15) is 33.3 Å². The molecular formula is C14H21FN2O2. The second-order valence-electron chi connectivity index (χ2n) is 5.38. The van der Waals surface area contributed by atoms with E-state index in [9.17, 15) is 9.18 Å². The summed E-state index contributed by atoms with van der Waals surface area (Å²) < 4.78 is 18.8. The number of ether oxygens (including phenoxy) is 1. The van der Waals surface area contributed by atoms with E-state index in [1.165, 1.54) is 17.0 Å². The lowest BCUT2D eigenvalue weighted by Crippen LogP contribution is -2.37. The molecule has 0 unspecified atom stereocenters. The number of nitrogens with two attached hydrogens (primary N) is 1. The topological polar surface area (TPSA) is 55.6 Å². The lowest BCUT2D eigenvalue weighted by molar-refractivity contribution is 0.0582. The van der Waals surface area contributed by atoms with Gasteiger partial charge in [0.15, 0.2) is 0 Å². The van der Waals surface area contributed by atoms with Crippen LogP contribution in [0.3, 0.4) is 0 Å². The first kappa shape index (κ1) is 15.3. The van der Waals surface area contributed by atoms with Crippen LogP contribution >= 0.6 is 0 Å². The van der Waals surface area contributed by atoms with Crippen LogP contribution in [0.5, 0.6) is 0 Å². The van der Waals surface area contributed by atoms with Crippen LogP contribution in [0.15, 0.2) is 12.1 Å². The molecule has 0 bridgehead atoms. The first-order valence-corrected chi connectivity index (χ1v) is 6.22. The molecular weight excluding hydrogens is 247 g/mol. The maximum Gasteiger partial charge on any atom is 0.414 e. The molecule has 0 saturated carbocycles. The fourth-order valence-corrected chi connectivity index (χ4v) is 1.67. The summed E-state index contributed by atoms with van der Waals surface area (Å²) in [6.07, 6.45) is -0.535. The van der Waals surface area contributed by atoms with Gasteiger partial charge in [-0.05, 0) is 52.3 Å². The number of nitrogen functional groups attached to an aromatic ring is 1. The van der Waals surface area contributed by atoms with Gasteiger partial charge in [-0.3, -0.25) is 4.90 Å². The van der Waals surface area contributed by atoms with Crippen molar-refractivity contribution in [3.8, 4) is 0 Å². The zero-order chi connectivity index (χ0) is 14.8. The number of nitrogens with zero attached hydrogens (tertiary/aromatic N) is 1. The highest BCUT2D eigenvalue weighted by Gasteiger charge is 2.24. The lowest BCUT2D eigenvalue weighted by Gasteiger charge is -2.27. The molecule has 4 nitrogen and oxygen atoms in total. The Kier molecular flexibility index (Phi) is 4.39. The van der Waals surface area contributed by atoms with Crippen LogP contribution in [0, 0.1) is 12.7 Å². The minimum atomic E-state index is -0.609. The van der Waals surface area contributed by atoms with Gasteiger partial charge >= 0.3 is 6.09 Å². The summed E-state index contributed by atoms with van der Waals surface area (Å²) in [5.74, 6) is -0.427. The number of hydrogen-bond donors (Lipinski definition) is 1. The molecule has 0 aromatic heterocycles. The van der Waals surface area contributed by atoms with Crippen LogP contribution in [0.25, 0.3) is 0 Å². The number of benzene rings is 1. The predicted octanol–water partition coefficient (Wildman–Crippen LogP) is 3.48. The summed E-state index contributed by atoms with van der Waals surface area (Å²) >= 11 is 0. The number of rotatable bonds is 2. The van der Waals surface area contributed by atoms with E-state index in [-0.39, 0.29) is 0 Å². The van der Waals surface area contributed by atoms with Crippen LogP contribution in [0.2, 0.25) is 0 Å². The Labute approximate surface area is 113 Å². The van der Waals surface area contributed by atoms with Gasteiger partial charge in [0.1, 0.15) is 11.4 Å². The Bertz CT molecular complexity index is 481. The number of carbonyl (C=O) groups excluding carboxylic acids is 1. The third-order valence-corrected chi connectivity index (χ3v) is 2.55. The normalized spacial score (nSPS) is 11.3. The summed E-state index contributed by atoms with van der Waals surface area (Å²) in [6.45, 7) is 9.16. The van der Waals surface area contributed by atoms with E-state index in [1.54, 1.807) is 34.6 Å². The number of anilines is 2. The third kappa shape index (κ3) is 3.84. The van der Waals surface area contributed by atoms with Gasteiger partial charge in [-0.2, -0.15) is 0 Å². The molecule has 0 aliphatic rings. The van der Waals surface area contributed by atoms with Gasteiger partial charge in [0.25, 0.3) is 0 Å². The Morgan fingerprint density at radius 2 is 2.00 bits per heavy atom. The smallest absolute Gasteiger partial charge is 0.414 e. The molecule has 0 atom stereocenters. The fourth-order valence-electron chi connectivity index (χ4n) is 1.67. The van der Waals surface area contributed by atoms with E-state index >= 15 is 0 Å². The summed E-state index contributed by atoms with van der Waals surface area (Å²) in [7, 11) is 0. The van der Waals surface area contributed by atoms with Crippen LogP contribution in [-0.4, -0.2) is 18.2 Å². The molecule has 0 heterocycles. The molecule has 5 heteroatoms. The summed E-state index contributed by atoms with van der Waals surface area (Å²) in [5.41, 5.74) is 6.62. The predicted molar refractivity (Wildman–Crippen MR) is 74.8 cm³/mol. The van der Waals surface area contributed by atoms with Gasteiger partial charge in [0.2, 0.25) is 0 Å². The maximum atomic E-state index is 13.5. The number of hydrogen-bond acceptors (Lipinski definition) is 3. The van der Waals surface area contributed by atoms with E-state index in [4.69, 9.17) is 10.5 Å². The minimum absolute atomic E-state index is 0.342. The largest absolute Gasteiger partial charge is 0.443 e. The first-order chi connectivity index (χ1) is 8.65. The van der Waals surface area contributed by atoms with Gasteiger partial charge in [-0.25, -0.2) is 9.18 Å². The number of aryl methyl sites for hydroxylation is 1. The molecule has 1 aromatic carbocycles. The molecule has 0 fully saturated rings. The Balaban J connectivity index is 3.14. The van der Waals surface area contributed by atoms with Gasteiger partial charge in [0, 0.05) is 6.54 Å². The molecule has 0 saturated heterocycles. The second-order valence-corrected chi connectivity index (χ2v) is 5.38. The van der Waals surface area contributed by atoms with Crippen molar-refractivity contribution in [3.63, 3.8) is 0 Å². The Hall–Kier alpha value is -1.78. The highest BCUT2D eigenvalue weighted by Crippen LogP contribution is 2.29. The second kappa shape index (κ2) is 5.47. The zero-order valence-electron chi connectivity index (χ0n) is 12.1. The average molecular weight is 268 g/mol. The van der Waals surface area contributed by atoms with Crippen LogP contribution in [0.4, 0.5) is 20.6 Å². The molecule has 0 spiro atoms. The number of amides is 1. The quantitative estimate of drug-likeness (QED) is 0.835. The van der Waals surface area contributed by atoms with E-state index in [2.05, 4.69) is 0 Å². The Morgan fingerprint density at radius 1 is 1.42 bits per heavy atom. The SMILES string of the molecule is CCN(C(=O)OC(C)(C)C)c1cc(F)cc(C)c1N. The molecule has 0 aliphatic carbocycles. The number of carbonyl (C=O) groups is 1. The molecule has 0 radical (unpaired) electrons. The summed E-state index contributed by atoms with van der Waals surface area (Å²) in [6, 6.07) is 2.58. The first-order valence-electron chi connectivity index (χ1n) is 6.22. The van der Waals surface area contributed by atoms with Crippen LogP contribution in [-0.2, 0) is 4.74 Å². The highest BCUT2D eigenvalue weighted by molar-refractivity contribution is 5.92. The highest BCUT2D eigenvalue weighted by atomic mass is 19.1. The molecule has 19 heavy (non-hydrogen) atoms. The van der Waals surface area contributed by atoms with Crippen molar-refractivity contribution < 1.29 is 13.9 Å². The van der Waals surface area contributed by atoms with Crippen molar-refractivity contribution >= 4 is 17.5 Å². The van der Waals surface area contributed by atoms with E-state index in [1.807, 2.05) is 0 Å². The van der Waals surface area contributed by atoms with Gasteiger partial charge in [-0.1, -0.05) is 0 Å². The van der Waals surface area contributed by atoms with Crippen molar-refractivity contribution in [3.05, 3.63) is 23.5 Å². The van der Waals surface area contributed by atoms with Crippen molar-refractivity contribution in [2.24, 2.45) is 0 Å². The molecule has 0 aliphatic heterocycles. The van der Waals surface area contributed by atoms with Crippen molar-refractivity contribution in [1.82, 2.24) is 0 Å². The molecule has 2 N–H and O–H groups in total. The summed E-state index contributed by atoms with van der Waals surface area (Å²) in [4.78, 5) is 13.4. The number of halogens is 1. The van der Waals surface area contributed by atoms with Crippen molar-refractivity contribution in [2.75, 3.05) is 17.2 Å². The monoisotopic (exact) mass is 268 g/mol. The van der Waals surface area contributed by atoms with E-state index in [0.29, 0.717) is 23.5 Å². The van der Waals surface area contributed by atoms with Gasteiger partial charge in [0.05, 0.1) is 11.4 Å². The van der Waals surface area contributed by atoms with Crippen LogP contribution < -0.4 is 10.6 Å². The summed E-state index contributed by atoms with van der Waals surface area (Å²) in [5, 5.41) is 0. The molecule has 106 valence electrons. The fraction of sp³-hybridized carbons (Fsp3) is 0.500. The molecule has 1 amide bonds. The van der Waals surface area contributed by atoms with Gasteiger partial charge < -0.3 is 10.5 Å². The zero-order valence-corrected chi connectivity index (χ0v) is 12.1. The third-order valence-electron chi connectivity index (χ3n) is 2.55.